The molecular weight excluding hydrogens is 309 g/mol. The number of carbonyl (C=O) groups is 1. The molecule has 2 heterocycles. The molecule has 1 aromatic carbocycles. The van der Waals surface area contributed by atoms with E-state index in [0.29, 0.717) is 16.7 Å². The van der Waals surface area contributed by atoms with Gasteiger partial charge in [-0.2, -0.15) is 0 Å². The molecule has 1 atom stereocenters. The predicted molar refractivity (Wildman–Crippen MR) is 79.4 cm³/mol. The van der Waals surface area contributed by atoms with E-state index in [1.54, 1.807) is 17.0 Å². The van der Waals surface area contributed by atoms with Gasteiger partial charge >= 0.3 is 0 Å². The Bertz CT molecular complexity index is 497. The number of carbonyl (C=O) groups excluding carboxylic acids is 1. The minimum absolute atomic E-state index is 0. The van der Waals surface area contributed by atoms with E-state index < -0.39 is 0 Å². The molecule has 0 spiro atoms. The molecule has 4 nitrogen and oxygen atoms in total. The van der Waals surface area contributed by atoms with Crippen LogP contribution in [-0.2, 0) is 4.79 Å². The van der Waals surface area contributed by atoms with Crippen LogP contribution in [0.1, 0.15) is 0 Å². The number of hydrogen-bond donors (Lipinski definition) is 1. The summed E-state index contributed by atoms with van der Waals surface area (Å²) in [5.74, 6) is 0.126. The van der Waals surface area contributed by atoms with Crippen LogP contribution in [0.5, 0.6) is 0 Å². The van der Waals surface area contributed by atoms with Crippen molar-refractivity contribution in [1.82, 2.24) is 10.2 Å². The zero-order valence-electron chi connectivity index (χ0n) is 10.1. The molecule has 1 amide bonds. The lowest BCUT2D eigenvalue weighted by molar-refractivity contribution is -0.119. The van der Waals surface area contributed by atoms with Crippen molar-refractivity contribution in [1.29, 1.82) is 0 Å². The molecular formula is C12H14Cl3N3O. The predicted octanol–water partition coefficient (Wildman–Crippen LogP) is 1.99. The van der Waals surface area contributed by atoms with Crippen LogP contribution in [-0.4, -0.2) is 43.2 Å². The lowest BCUT2D eigenvalue weighted by Crippen LogP contribution is -2.50. The normalized spacial score (nSPS) is 23.2. The molecule has 1 N–H and O–H groups in total. The fraction of sp³-hybridized carbons (Fsp3) is 0.417. The highest BCUT2D eigenvalue weighted by Gasteiger charge is 2.40. The molecule has 2 aliphatic heterocycles. The molecule has 0 aliphatic carbocycles. The summed E-state index contributed by atoms with van der Waals surface area (Å²) in [5, 5.41) is 4.23. The van der Waals surface area contributed by atoms with Crippen molar-refractivity contribution in [2.75, 3.05) is 31.2 Å². The van der Waals surface area contributed by atoms with Crippen LogP contribution in [0.3, 0.4) is 0 Å². The number of fused-ring (bicyclic) bond motifs is 1. The Labute approximate surface area is 128 Å². The maximum Gasteiger partial charge on any atom is 0.246 e. The molecule has 1 unspecified atom stereocenters. The third kappa shape index (κ3) is 2.69. The molecule has 2 saturated heterocycles. The summed E-state index contributed by atoms with van der Waals surface area (Å²) in [6, 6.07) is 5.25. The van der Waals surface area contributed by atoms with E-state index in [2.05, 4.69) is 10.2 Å². The maximum absolute atomic E-state index is 12.3. The highest BCUT2D eigenvalue weighted by atomic mass is 35.5. The standard InChI is InChI=1S/C12H13Cl2N3O.ClH/c13-9-2-1-8(5-10(9)14)17-7-16-4-3-15-6-11(16)12(17)18;/h1-2,5,11,15H,3-4,6-7H2;1H. The number of piperazine rings is 1. The molecule has 0 bridgehead atoms. The van der Waals surface area contributed by atoms with E-state index in [0.717, 1.165) is 25.3 Å². The second-order valence-electron chi connectivity index (χ2n) is 4.54. The van der Waals surface area contributed by atoms with Crippen LogP contribution in [0.15, 0.2) is 18.2 Å². The average molecular weight is 323 g/mol. The molecule has 19 heavy (non-hydrogen) atoms. The molecule has 7 heteroatoms. The van der Waals surface area contributed by atoms with E-state index in [4.69, 9.17) is 23.2 Å². The summed E-state index contributed by atoms with van der Waals surface area (Å²) in [6.45, 7) is 3.17. The van der Waals surface area contributed by atoms with Gasteiger partial charge < -0.3 is 5.32 Å². The van der Waals surface area contributed by atoms with Gasteiger partial charge in [-0.1, -0.05) is 23.2 Å². The van der Waals surface area contributed by atoms with Crippen molar-refractivity contribution in [3.05, 3.63) is 28.2 Å². The number of nitrogens with one attached hydrogen (secondary N) is 1. The third-order valence-electron chi connectivity index (χ3n) is 3.44. The van der Waals surface area contributed by atoms with Gasteiger partial charge in [0.05, 0.1) is 16.7 Å². The monoisotopic (exact) mass is 321 g/mol. The summed E-state index contributed by atoms with van der Waals surface area (Å²) < 4.78 is 0. The van der Waals surface area contributed by atoms with Gasteiger partial charge in [-0.05, 0) is 18.2 Å². The van der Waals surface area contributed by atoms with Crippen molar-refractivity contribution < 1.29 is 4.79 Å². The molecule has 0 aromatic heterocycles. The molecule has 104 valence electrons. The number of hydrogen-bond acceptors (Lipinski definition) is 3. The zero-order chi connectivity index (χ0) is 12.7. The van der Waals surface area contributed by atoms with Crippen molar-refractivity contribution in [3.63, 3.8) is 0 Å². The first kappa shape index (κ1) is 14.9. The fourth-order valence-corrected chi connectivity index (χ4v) is 2.74. The van der Waals surface area contributed by atoms with Gasteiger partial charge in [0.15, 0.2) is 0 Å². The van der Waals surface area contributed by atoms with Gasteiger partial charge in [0.1, 0.15) is 6.04 Å². The second kappa shape index (κ2) is 5.85. The van der Waals surface area contributed by atoms with Gasteiger partial charge in [0, 0.05) is 25.3 Å². The highest BCUT2D eigenvalue weighted by molar-refractivity contribution is 6.42. The topological polar surface area (TPSA) is 35.6 Å². The van der Waals surface area contributed by atoms with Crippen molar-refractivity contribution in [2.45, 2.75) is 6.04 Å². The molecule has 3 rings (SSSR count). The Morgan fingerprint density at radius 1 is 1.26 bits per heavy atom. The van der Waals surface area contributed by atoms with Gasteiger partial charge in [-0.25, -0.2) is 0 Å². The number of nitrogens with zero attached hydrogens (tertiary/aromatic N) is 2. The Kier molecular flexibility index (Phi) is 4.58. The minimum atomic E-state index is -0.0480. The molecule has 0 saturated carbocycles. The van der Waals surface area contributed by atoms with Gasteiger partial charge in [0.25, 0.3) is 0 Å². The van der Waals surface area contributed by atoms with E-state index in [9.17, 15) is 4.79 Å². The van der Waals surface area contributed by atoms with Crippen LogP contribution in [0.25, 0.3) is 0 Å². The number of anilines is 1. The van der Waals surface area contributed by atoms with E-state index >= 15 is 0 Å². The van der Waals surface area contributed by atoms with Gasteiger partial charge in [-0.3, -0.25) is 14.6 Å². The summed E-state index contributed by atoms with van der Waals surface area (Å²) in [5.41, 5.74) is 0.809. The number of amides is 1. The molecule has 0 radical (unpaired) electrons. The largest absolute Gasteiger partial charge is 0.313 e. The Morgan fingerprint density at radius 2 is 2.05 bits per heavy atom. The summed E-state index contributed by atoms with van der Waals surface area (Å²) in [6.07, 6.45) is 0. The maximum atomic E-state index is 12.3. The average Bonchev–Trinajstić information content (AvgIpc) is 2.71. The molecule has 2 aliphatic rings. The van der Waals surface area contributed by atoms with E-state index in [1.807, 2.05) is 6.07 Å². The number of halogens is 3. The van der Waals surface area contributed by atoms with Crippen LogP contribution in [0.2, 0.25) is 10.0 Å². The Morgan fingerprint density at radius 3 is 2.74 bits per heavy atom. The lowest BCUT2D eigenvalue weighted by Gasteiger charge is -2.26. The lowest BCUT2D eigenvalue weighted by atomic mass is 10.2. The highest BCUT2D eigenvalue weighted by Crippen LogP contribution is 2.30. The van der Waals surface area contributed by atoms with Gasteiger partial charge in [-0.15, -0.1) is 12.4 Å². The first-order valence-corrected chi connectivity index (χ1v) is 6.63. The van der Waals surface area contributed by atoms with E-state index in [-0.39, 0.29) is 24.4 Å². The van der Waals surface area contributed by atoms with Crippen molar-refractivity contribution in [2.24, 2.45) is 0 Å². The van der Waals surface area contributed by atoms with Crippen molar-refractivity contribution >= 4 is 47.2 Å². The zero-order valence-corrected chi connectivity index (χ0v) is 12.4. The van der Waals surface area contributed by atoms with Crippen LogP contribution >= 0.6 is 35.6 Å². The number of rotatable bonds is 1. The summed E-state index contributed by atoms with van der Waals surface area (Å²) >= 11 is 11.9. The Hall–Kier alpha value is -0.520. The summed E-state index contributed by atoms with van der Waals surface area (Å²) in [4.78, 5) is 16.3. The smallest absolute Gasteiger partial charge is 0.246 e. The second-order valence-corrected chi connectivity index (χ2v) is 5.35. The first-order valence-electron chi connectivity index (χ1n) is 5.88. The van der Waals surface area contributed by atoms with Gasteiger partial charge in [0.2, 0.25) is 5.91 Å². The van der Waals surface area contributed by atoms with Crippen LogP contribution < -0.4 is 10.2 Å². The van der Waals surface area contributed by atoms with Crippen LogP contribution in [0.4, 0.5) is 5.69 Å². The molecule has 1 aromatic rings. The van der Waals surface area contributed by atoms with Crippen LogP contribution in [0, 0.1) is 0 Å². The Balaban J connectivity index is 0.00000133. The first-order chi connectivity index (χ1) is 8.66. The quantitative estimate of drug-likeness (QED) is 0.859. The fourth-order valence-electron chi connectivity index (χ4n) is 2.45. The summed E-state index contributed by atoms with van der Waals surface area (Å²) in [7, 11) is 0. The SMILES string of the molecule is Cl.O=C1C2CNCCN2CN1c1ccc(Cl)c(Cl)c1. The third-order valence-corrected chi connectivity index (χ3v) is 4.18. The molecule has 2 fully saturated rings. The minimum Gasteiger partial charge on any atom is -0.313 e. The van der Waals surface area contributed by atoms with Crippen molar-refractivity contribution in [3.8, 4) is 0 Å². The number of benzene rings is 1. The van der Waals surface area contributed by atoms with E-state index in [1.165, 1.54) is 0 Å².